The van der Waals surface area contributed by atoms with Gasteiger partial charge in [-0.25, -0.2) is 0 Å². The van der Waals surface area contributed by atoms with Crippen molar-refractivity contribution in [2.75, 3.05) is 5.32 Å². The summed E-state index contributed by atoms with van der Waals surface area (Å²) in [5.74, 6) is 0.349. The van der Waals surface area contributed by atoms with E-state index < -0.39 is 11.5 Å². The quantitative estimate of drug-likeness (QED) is 0.543. The lowest BCUT2D eigenvalue weighted by atomic mass is 10.2. The Morgan fingerprint density at radius 2 is 2.08 bits per heavy atom. The maximum absolute atomic E-state index is 12.5. The molecule has 0 aliphatic carbocycles. The highest BCUT2D eigenvalue weighted by Gasteiger charge is 2.16. The van der Waals surface area contributed by atoms with Gasteiger partial charge in [0.15, 0.2) is 5.82 Å². The molecule has 0 aliphatic heterocycles. The standard InChI is InChI=1S/C16H9Cl2N5O2S/c17-8-3-4-9(10(18)6-8)15(25)19-12-7-13(24)20-16-21-14(22-23(12)16)11-2-1-5-26-11/h1-7H,(H,19,25)(H,20,21,22,24). The van der Waals surface area contributed by atoms with E-state index in [4.69, 9.17) is 23.2 Å². The number of amides is 1. The molecule has 0 saturated heterocycles. The van der Waals surface area contributed by atoms with Crippen LogP contribution in [-0.4, -0.2) is 25.5 Å². The van der Waals surface area contributed by atoms with Crippen molar-refractivity contribution in [1.82, 2.24) is 19.6 Å². The predicted octanol–water partition coefficient (Wildman–Crippen LogP) is 3.71. The largest absolute Gasteiger partial charge is 0.306 e. The van der Waals surface area contributed by atoms with Crippen molar-refractivity contribution >= 4 is 52.0 Å². The monoisotopic (exact) mass is 405 g/mol. The molecular formula is C16H9Cl2N5O2S. The highest BCUT2D eigenvalue weighted by Crippen LogP contribution is 2.24. The van der Waals surface area contributed by atoms with Crippen LogP contribution in [0.4, 0.5) is 5.82 Å². The van der Waals surface area contributed by atoms with Crippen LogP contribution in [-0.2, 0) is 0 Å². The fraction of sp³-hybridized carbons (Fsp3) is 0. The Morgan fingerprint density at radius 1 is 1.23 bits per heavy atom. The molecule has 0 spiro atoms. The number of thiophene rings is 1. The highest BCUT2D eigenvalue weighted by molar-refractivity contribution is 7.13. The van der Waals surface area contributed by atoms with Gasteiger partial charge in [-0.15, -0.1) is 16.4 Å². The van der Waals surface area contributed by atoms with E-state index in [1.165, 1.54) is 34.1 Å². The number of hydrogen-bond acceptors (Lipinski definition) is 5. The third-order valence-electron chi connectivity index (χ3n) is 3.50. The second kappa shape index (κ2) is 6.56. The molecule has 7 nitrogen and oxygen atoms in total. The normalized spacial score (nSPS) is 11.0. The maximum Gasteiger partial charge on any atom is 0.258 e. The van der Waals surface area contributed by atoms with Gasteiger partial charge in [0.1, 0.15) is 5.82 Å². The number of nitrogens with one attached hydrogen (secondary N) is 2. The number of benzene rings is 1. The van der Waals surface area contributed by atoms with Crippen molar-refractivity contribution < 1.29 is 4.79 Å². The van der Waals surface area contributed by atoms with E-state index in [9.17, 15) is 9.59 Å². The van der Waals surface area contributed by atoms with E-state index >= 15 is 0 Å². The average molecular weight is 406 g/mol. The third kappa shape index (κ3) is 3.10. The first kappa shape index (κ1) is 16.8. The third-order valence-corrected chi connectivity index (χ3v) is 4.91. The first-order valence-electron chi connectivity index (χ1n) is 7.31. The number of fused-ring (bicyclic) bond motifs is 1. The summed E-state index contributed by atoms with van der Waals surface area (Å²) in [5, 5.41) is 9.51. The van der Waals surface area contributed by atoms with Gasteiger partial charge in [0.2, 0.25) is 5.78 Å². The number of aromatic amines is 1. The van der Waals surface area contributed by atoms with Crippen LogP contribution in [0.3, 0.4) is 0 Å². The average Bonchev–Trinajstić information content (AvgIpc) is 3.23. The zero-order valence-corrected chi connectivity index (χ0v) is 15.2. The van der Waals surface area contributed by atoms with Crippen molar-refractivity contribution in [2.24, 2.45) is 0 Å². The van der Waals surface area contributed by atoms with E-state index in [-0.39, 0.29) is 22.2 Å². The molecule has 2 N–H and O–H groups in total. The van der Waals surface area contributed by atoms with Crippen LogP contribution in [0, 0.1) is 0 Å². The number of anilines is 1. The van der Waals surface area contributed by atoms with Gasteiger partial charge >= 0.3 is 0 Å². The zero-order valence-electron chi connectivity index (χ0n) is 12.9. The van der Waals surface area contributed by atoms with Crippen molar-refractivity contribution in [1.29, 1.82) is 0 Å². The molecule has 0 fully saturated rings. The van der Waals surface area contributed by atoms with Crippen molar-refractivity contribution in [3.63, 3.8) is 0 Å². The van der Waals surface area contributed by atoms with Gasteiger partial charge in [-0.2, -0.15) is 9.50 Å². The molecule has 26 heavy (non-hydrogen) atoms. The molecule has 4 aromatic rings. The Kier molecular flexibility index (Phi) is 4.23. The van der Waals surface area contributed by atoms with E-state index in [2.05, 4.69) is 20.4 Å². The zero-order chi connectivity index (χ0) is 18.3. The summed E-state index contributed by atoms with van der Waals surface area (Å²) in [4.78, 5) is 32.2. The second-order valence-corrected chi connectivity index (χ2v) is 7.04. The smallest absolute Gasteiger partial charge is 0.258 e. The van der Waals surface area contributed by atoms with Gasteiger partial charge in [-0.3, -0.25) is 14.6 Å². The van der Waals surface area contributed by atoms with Gasteiger partial charge in [-0.05, 0) is 29.6 Å². The summed E-state index contributed by atoms with van der Waals surface area (Å²) < 4.78 is 1.36. The molecule has 0 unspecified atom stereocenters. The van der Waals surface area contributed by atoms with Gasteiger partial charge in [0.25, 0.3) is 11.5 Å². The van der Waals surface area contributed by atoms with Gasteiger partial charge in [0.05, 0.1) is 15.5 Å². The minimum atomic E-state index is -0.494. The van der Waals surface area contributed by atoms with Crippen LogP contribution in [0.5, 0.6) is 0 Å². The molecule has 10 heteroatoms. The lowest BCUT2D eigenvalue weighted by molar-refractivity contribution is 0.102. The molecule has 0 bridgehead atoms. The lowest BCUT2D eigenvalue weighted by Gasteiger charge is -2.07. The van der Waals surface area contributed by atoms with E-state index in [0.717, 1.165) is 4.88 Å². The van der Waals surface area contributed by atoms with Crippen molar-refractivity contribution in [2.45, 2.75) is 0 Å². The fourth-order valence-corrected chi connectivity index (χ4v) is 3.50. The number of nitrogens with zero attached hydrogens (tertiary/aromatic N) is 3. The van der Waals surface area contributed by atoms with Crippen molar-refractivity contribution in [3.8, 4) is 10.7 Å². The lowest BCUT2D eigenvalue weighted by Crippen LogP contribution is -2.19. The summed E-state index contributed by atoms with van der Waals surface area (Å²) in [7, 11) is 0. The molecule has 0 radical (unpaired) electrons. The SMILES string of the molecule is O=C(Nc1cc(=O)[nH]c2nc(-c3cccs3)nn12)c1ccc(Cl)cc1Cl. The molecule has 130 valence electrons. The van der Waals surface area contributed by atoms with E-state index in [0.29, 0.717) is 10.8 Å². The molecular weight excluding hydrogens is 397 g/mol. The Balaban J connectivity index is 1.76. The van der Waals surface area contributed by atoms with Crippen molar-refractivity contribution in [3.05, 3.63) is 67.7 Å². The van der Waals surface area contributed by atoms with Crippen LogP contribution < -0.4 is 10.9 Å². The summed E-state index contributed by atoms with van der Waals surface area (Å²) in [6.07, 6.45) is 0. The van der Waals surface area contributed by atoms with Crippen LogP contribution in [0.2, 0.25) is 10.0 Å². The first-order valence-corrected chi connectivity index (χ1v) is 8.95. The molecule has 3 aromatic heterocycles. The van der Waals surface area contributed by atoms with Gasteiger partial charge in [-0.1, -0.05) is 29.3 Å². The van der Waals surface area contributed by atoms with Crippen LogP contribution in [0.15, 0.2) is 46.6 Å². The summed E-state index contributed by atoms with van der Waals surface area (Å²) >= 11 is 13.4. The fourth-order valence-electron chi connectivity index (χ4n) is 2.35. The number of carbonyl (C=O) groups is 1. The molecule has 3 heterocycles. The molecule has 0 saturated carbocycles. The second-order valence-electron chi connectivity index (χ2n) is 5.25. The van der Waals surface area contributed by atoms with E-state index in [1.807, 2.05) is 17.5 Å². The first-order chi connectivity index (χ1) is 12.5. The summed E-state index contributed by atoms with van der Waals surface area (Å²) in [6.45, 7) is 0. The van der Waals surface area contributed by atoms with Crippen LogP contribution in [0.1, 0.15) is 10.4 Å². The highest BCUT2D eigenvalue weighted by atomic mass is 35.5. The Bertz CT molecular complexity index is 1180. The predicted molar refractivity (Wildman–Crippen MR) is 101 cm³/mol. The van der Waals surface area contributed by atoms with Crippen LogP contribution >= 0.6 is 34.5 Å². The number of aromatic nitrogens is 4. The minimum absolute atomic E-state index is 0.176. The molecule has 1 amide bonds. The molecule has 0 aliphatic rings. The van der Waals surface area contributed by atoms with Gasteiger partial charge < -0.3 is 5.32 Å². The number of halogens is 2. The van der Waals surface area contributed by atoms with Gasteiger partial charge in [0, 0.05) is 11.1 Å². The molecule has 1 aromatic carbocycles. The Morgan fingerprint density at radius 3 is 2.81 bits per heavy atom. The van der Waals surface area contributed by atoms with E-state index in [1.54, 1.807) is 6.07 Å². The maximum atomic E-state index is 12.5. The number of carbonyl (C=O) groups excluding carboxylic acids is 1. The molecule has 0 atom stereocenters. The minimum Gasteiger partial charge on any atom is -0.306 e. The molecule has 4 rings (SSSR count). The number of H-pyrrole nitrogens is 1. The number of hydrogen-bond donors (Lipinski definition) is 2. The topological polar surface area (TPSA) is 92.1 Å². The Hall–Kier alpha value is -2.68. The van der Waals surface area contributed by atoms with Crippen LogP contribution in [0.25, 0.3) is 16.5 Å². The number of rotatable bonds is 3. The summed E-state index contributed by atoms with van der Waals surface area (Å²) in [5.41, 5.74) is -0.191. The Labute approximate surface area is 160 Å². The summed E-state index contributed by atoms with van der Waals surface area (Å²) in [6, 6.07) is 9.49.